The van der Waals surface area contributed by atoms with Crippen LogP contribution in [0.3, 0.4) is 0 Å². The smallest absolute Gasteiger partial charge is 0.438 e. The van der Waals surface area contributed by atoms with Crippen molar-refractivity contribution in [3.63, 3.8) is 0 Å². The number of carbonyl (C=O) groups excluding carboxylic acids is 3. The van der Waals surface area contributed by atoms with Gasteiger partial charge in [0.15, 0.2) is 6.10 Å². The summed E-state index contributed by atoms with van der Waals surface area (Å²) in [5.74, 6) is -0.934. The number of hydrogen-bond acceptors (Lipinski definition) is 5. The Morgan fingerprint density at radius 1 is 1.25 bits per heavy atom. The van der Waals surface area contributed by atoms with Gasteiger partial charge >= 0.3 is 6.16 Å². The molecule has 0 aromatic carbocycles. The zero-order valence-corrected chi connectivity index (χ0v) is 9.53. The first kappa shape index (κ1) is 14.2. The Morgan fingerprint density at radius 3 is 2.38 bits per heavy atom. The van der Waals surface area contributed by atoms with Gasteiger partial charge in [0.2, 0.25) is 5.91 Å². The van der Waals surface area contributed by atoms with E-state index >= 15 is 0 Å². The second-order valence-corrected chi connectivity index (χ2v) is 3.00. The summed E-state index contributed by atoms with van der Waals surface area (Å²) in [6, 6.07) is 0. The van der Waals surface area contributed by atoms with Crippen LogP contribution in [0.25, 0.3) is 0 Å². The van der Waals surface area contributed by atoms with Gasteiger partial charge in [0.25, 0.3) is 5.91 Å². The van der Waals surface area contributed by atoms with Gasteiger partial charge in [0.1, 0.15) is 0 Å². The van der Waals surface area contributed by atoms with Gasteiger partial charge in [0.05, 0.1) is 7.11 Å². The Hall–Kier alpha value is -1.79. The van der Waals surface area contributed by atoms with Crippen LogP contribution in [-0.4, -0.2) is 31.2 Å². The van der Waals surface area contributed by atoms with Crippen molar-refractivity contribution in [3.8, 4) is 0 Å². The lowest BCUT2D eigenvalue weighted by Gasteiger charge is -2.12. The molecule has 0 heterocycles. The Balaban J connectivity index is 3.87. The molecular formula is C9H16N2O5. The van der Waals surface area contributed by atoms with Crippen molar-refractivity contribution in [1.82, 2.24) is 10.9 Å². The molecule has 0 saturated carbocycles. The summed E-state index contributed by atoms with van der Waals surface area (Å²) in [4.78, 5) is 32.9. The highest BCUT2D eigenvalue weighted by Gasteiger charge is 2.18. The summed E-state index contributed by atoms with van der Waals surface area (Å²) in [5.41, 5.74) is 4.31. The van der Waals surface area contributed by atoms with Crippen LogP contribution in [0, 0.1) is 0 Å². The van der Waals surface area contributed by atoms with Crippen LogP contribution in [-0.2, 0) is 19.1 Å². The largest absolute Gasteiger partial charge is 0.508 e. The van der Waals surface area contributed by atoms with Crippen LogP contribution >= 0.6 is 0 Å². The molecule has 7 nitrogen and oxygen atoms in total. The van der Waals surface area contributed by atoms with Crippen LogP contribution in [0.4, 0.5) is 4.79 Å². The fourth-order valence-electron chi connectivity index (χ4n) is 0.768. The van der Waals surface area contributed by atoms with Gasteiger partial charge < -0.3 is 9.47 Å². The Labute approximate surface area is 93.4 Å². The lowest BCUT2D eigenvalue weighted by molar-refractivity contribution is -0.134. The van der Waals surface area contributed by atoms with Crippen LogP contribution in [0.15, 0.2) is 0 Å². The van der Waals surface area contributed by atoms with E-state index in [1.807, 2.05) is 6.92 Å². The second kappa shape index (κ2) is 7.49. The van der Waals surface area contributed by atoms with E-state index in [4.69, 9.17) is 0 Å². The van der Waals surface area contributed by atoms with Crippen molar-refractivity contribution in [3.05, 3.63) is 0 Å². The monoisotopic (exact) mass is 232 g/mol. The predicted molar refractivity (Wildman–Crippen MR) is 54.1 cm³/mol. The molecule has 1 unspecified atom stereocenters. The number of amides is 2. The lowest BCUT2D eigenvalue weighted by Crippen LogP contribution is -2.46. The Morgan fingerprint density at radius 2 is 1.88 bits per heavy atom. The maximum Gasteiger partial charge on any atom is 0.508 e. The van der Waals surface area contributed by atoms with Crippen molar-refractivity contribution < 1.29 is 23.9 Å². The number of rotatable bonds is 4. The number of hydrazine groups is 1. The molecule has 0 saturated heterocycles. The molecule has 2 amide bonds. The molecule has 0 spiro atoms. The molecular weight excluding hydrogens is 216 g/mol. The van der Waals surface area contributed by atoms with E-state index in [1.54, 1.807) is 0 Å². The molecule has 1 atom stereocenters. The Bertz CT molecular complexity index is 267. The summed E-state index contributed by atoms with van der Waals surface area (Å²) in [6.07, 6.45) is -1.00. The molecule has 92 valence electrons. The molecule has 0 fully saturated rings. The third-order valence-corrected chi connectivity index (χ3v) is 1.61. The average molecular weight is 232 g/mol. The second-order valence-electron chi connectivity index (χ2n) is 3.00. The first-order valence-corrected chi connectivity index (χ1v) is 4.84. The third-order valence-electron chi connectivity index (χ3n) is 1.61. The highest BCUT2D eigenvalue weighted by molar-refractivity contribution is 5.85. The number of carbonyl (C=O) groups is 3. The van der Waals surface area contributed by atoms with Gasteiger partial charge in [-0.15, -0.1) is 0 Å². The van der Waals surface area contributed by atoms with Gasteiger partial charge in [0, 0.05) is 6.42 Å². The van der Waals surface area contributed by atoms with Gasteiger partial charge in [-0.05, 0) is 13.3 Å². The van der Waals surface area contributed by atoms with E-state index in [0.29, 0.717) is 12.8 Å². The summed E-state index contributed by atoms with van der Waals surface area (Å²) in [6.45, 7) is 3.20. The minimum atomic E-state index is -1.03. The molecule has 0 aliphatic carbocycles. The molecule has 0 radical (unpaired) electrons. The summed E-state index contributed by atoms with van der Waals surface area (Å²) in [7, 11) is 1.13. The summed E-state index contributed by atoms with van der Waals surface area (Å²) in [5, 5.41) is 0. The molecule has 0 rings (SSSR count). The zero-order chi connectivity index (χ0) is 12.6. The SMILES string of the molecule is CCCC(=O)NNC(=O)C(C)OC(=O)OC. The number of ether oxygens (including phenoxy) is 2. The summed E-state index contributed by atoms with van der Waals surface area (Å²) < 4.78 is 8.74. The van der Waals surface area contributed by atoms with Crippen molar-refractivity contribution in [2.24, 2.45) is 0 Å². The number of methoxy groups -OCH3 is 1. The molecule has 0 aliphatic heterocycles. The van der Waals surface area contributed by atoms with Crippen LogP contribution < -0.4 is 10.9 Å². The highest BCUT2D eigenvalue weighted by Crippen LogP contribution is 1.93. The molecule has 0 aliphatic rings. The van der Waals surface area contributed by atoms with Gasteiger partial charge in [-0.3, -0.25) is 20.4 Å². The molecule has 0 bridgehead atoms. The van der Waals surface area contributed by atoms with Crippen molar-refractivity contribution >= 4 is 18.0 Å². The standard InChI is InChI=1S/C9H16N2O5/c1-4-5-7(12)10-11-8(13)6(2)16-9(14)15-3/h6H,4-5H2,1-3H3,(H,10,12)(H,11,13). The van der Waals surface area contributed by atoms with Crippen molar-refractivity contribution in [2.75, 3.05) is 7.11 Å². The lowest BCUT2D eigenvalue weighted by atomic mass is 10.3. The molecule has 2 N–H and O–H groups in total. The Kier molecular flexibility index (Phi) is 6.66. The maximum absolute atomic E-state index is 11.2. The quantitative estimate of drug-likeness (QED) is 0.530. The first-order chi connectivity index (χ1) is 7.51. The maximum atomic E-state index is 11.2. The van der Waals surface area contributed by atoms with E-state index in [1.165, 1.54) is 6.92 Å². The molecule has 0 aromatic heterocycles. The fourth-order valence-corrected chi connectivity index (χ4v) is 0.768. The third kappa shape index (κ3) is 5.84. The molecule has 0 aromatic rings. The van der Waals surface area contributed by atoms with Gasteiger partial charge in [-0.25, -0.2) is 4.79 Å². The highest BCUT2D eigenvalue weighted by atomic mass is 16.7. The average Bonchev–Trinajstić information content (AvgIpc) is 2.25. The van der Waals surface area contributed by atoms with Crippen LogP contribution in [0.2, 0.25) is 0 Å². The van der Waals surface area contributed by atoms with Gasteiger partial charge in [-0.2, -0.15) is 0 Å². The topological polar surface area (TPSA) is 93.7 Å². The first-order valence-electron chi connectivity index (χ1n) is 4.84. The van der Waals surface area contributed by atoms with Crippen molar-refractivity contribution in [2.45, 2.75) is 32.8 Å². The normalized spacial score (nSPS) is 11.2. The molecule has 16 heavy (non-hydrogen) atoms. The van der Waals surface area contributed by atoms with Crippen LogP contribution in [0.1, 0.15) is 26.7 Å². The van der Waals surface area contributed by atoms with Crippen LogP contribution in [0.5, 0.6) is 0 Å². The van der Waals surface area contributed by atoms with Gasteiger partial charge in [-0.1, -0.05) is 6.92 Å². The minimum absolute atomic E-state index is 0.305. The van der Waals surface area contributed by atoms with E-state index in [9.17, 15) is 14.4 Å². The molecule has 7 heteroatoms. The number of nitrogens with one attached hydrogen (secondary N) is 2. The van der Waals surface area contributed by atoms with E-state index in [0.717, 1.165) is 7.11 Å². The predicted octanol–water partition coefficient (Wildman–Crippen LogP) is 0.105. The minimum Gasteiger partial charge on any atom is -0.438 e. The van der Waals surface area contributed by atoms with E-state index in [2.05, 4.69) is 20.3 Å². The zero-order valence-electron chi connectivity index (χ0n) is 9.53. The van der Waals surface area contributed by atoms with E-state index in [-0.39, 0.29) is 5.91 Å². The van der Waals surface area contributed by atoms with E-state index < -0.39 is 18.2 Å². The summed E-state index contributed by atoms with van der Waals surface area (Å²) >= 11 is 0. The van der Waals surface area contributed by atoms with Crippen molar-refractivity contribution in [1.29, 1.82) is 0 Å². The fraction of sp³-hybridized carbons (Fsp3) is 0.667. The number of hydrogen-bond donors (Lipinski definition) is 2.